The lowest BCUT2D eigenvalue weighted by molar-refractivity contribution is 0.257. The second kappa shape index (κ2) is 5.87. The second-order valence-electron chi connectivity index (χ2n) is 5.22. The lowest BCUT2D eigenvalue weighted by Crippen LogP contribution is -2.35. The molecule has 0 saturated heterocycles. The van der Waals surface area contributed by atoms with Crippen molar-refractivity contribution in [3.8, 4) is 5.75 Å². The molecule has 2 amide bonds. The SMILES string of the molecule is O=C(Nc1ccccc1)N1CCCCc2cc(O)ccc21. The molecule has 0 fully saturated rings. The van der Waals surface area contributed by atoms with E-state index in [0.29, 0.717) is 6.54 Å². The van der Waals surface area contributed by atoms with E-state index in [9.17, 15) is 9.90 Å². The van der Waals surface area contributed by atoms with Gasteiger partial charge in [-0.25, -0.2) is 4.79 Å². The van der Waals surface area contributed by atoms with E-state index in [1.54, 1.807) is 17.0 Å². The van der Waals surface area contributed by atoms with Crippen molar-refractivity contribution >= 4 is 17.4 Å². The quantitative estimate of drug-likeness (QED) is 0.836. The van der Waals surface area contributed by atoms with Crippen LogP contribution in [0.2, 0.25) is 0 Å². The zero-order valence-corrected chi connectivity index (χ0v) is 11.7. The van der Waals surface area contributed by atoms with E-state index in [4.69, 9.17) is 0 Å². The fourth-order valence-corrected chi connectivity index (χ4v) is 2.66. The summed E-state index contributed by atoms with van der Waals surface area (Å²) in [5.41, 5.74) is 2.70. The number of amides is 2. The summed E-state index contributed by atoms with van der Waals surface area (Å²) in [6.45, 7) is 0.691. The Labute approximate surface area is 124 Å². The number of benzene rings is 2. The van der Waals surface area contributed by atoms with Crippen molar-refractivity contribution in [2.45, 2.75) is 19.3 Å². The van der Waals surface area contributed by atoms with E-state index in [1.165, 1.54) is 0 Å². The number of phenols is 1. The van der Waals surface area contributed by atoms with Crippen LogP contribution in [-0.4, -0.2) is 17.7 Å². The summed E-state index contributed by atoms with van der Waals surface area (Å²) in [5.74, 6) is 0.249. The molecule has 2 aromatic carbocycles. The van der Waals surface area contributed by atoms with Gasteiger partial charge in [0.25, 0.3) is 0 Å². The highest BCUT2D eigenvalue weighted by Crippen LogP contribution is 2.29. The van der Waals surface area contributed by atoms with E-state index >= 15 is 0 Å². The van der Waals surface area contributed by atoms with Gasteiger partial charge in [-0.05, 0) is 55.2 Å². The molecule has 0 aliphatic carbocycles. The highest BCUT2D eigenvalue weighted by atomic mass is 16.3. The maximum atomic E-state index is 12.5. The molecule has 4 nitrogen and oxygen atoms in total. The number of nitrogens with one attached hydrogen (secondary N) is 1. The predicted molar refractivity (Wildman–Crippen MR) is 83.9 cm³/mol. The molecule has 3 rings (SSSR count). The summed E-state index contributed by atoms with van der Waals surface area (Å²) in [6, 6.07) is 14.5. The highest BCUT2D eigenvalue weighted by Gasteiger charge is 2.21. The molecular formula is C17H18N2O2. The maximum absolute atomic E-state index is 12.5. The van der Waals surface area contributed by atoms with Gasteiger partial charge in [0, 0.05) is 17.9 Å². The molecule has 0 unspecified atom stereocenters. The van der Waals surface area contributed by atoms with Crippen LogP contribution >= 0.6 is 0 Å². The standard InChI is InChI=1S/C17H18N2O2/c20-15-9-10-16-13(12-15)6-4-5-11-19(16)17(21)18-14-7-2-1-3-8-14/h1-3,7-10,12,20H,4-6,11H2,(H,18,21). The molecule has 21 heavy (non-hydrogen) atoms. The number of carbonyl (C=O) groups is 1. The summed E-state index contributed by atoms with van der Waals surface area (Å²) in [5, 5.41) is 12.5. The molecule has 0 saturated carbocycles. The number of carbonyl (C=O) groups excluding carboxylic acids is 1. The van der Waals surface area contributed by atoms with Gasteiger partial charge in [0.2, 0.25) is 0 Å². The Hall–Kier alpha value is -2.49. The van der Waals surface area contributed by atoms with Gasteiger partial charge in [-0.15, -0.1) is 0 Å². The van der Waals surface area contributed by atoms with Gasteiger partial charge in [0.05, 0.1) is 0 Å². The molecule has 1 aliphatic rings. The molecule has 108 valence electrons. The van der Waals surface area contributed by atoms with Crippen LogP contribution in [0.4, 0.5) is 16.2 Å². The van der Waals surface area contributed by atoms with Crippen molar-refractivity contribution in [2.24, 2.45) is 0 Å². The Balaban J connectivity index is 1.86. The molecule has 0 radical (unpaired) electrons. The van der Waals surface area contributed by atoms with Gasteiger partial charge < -0.3 is 10.4 Å². The van der Waals surface area contributed by atoms with Crippen LogP contribution in [-0.2, 0) is 6.42 Å². The Morgan fingerprint density at radius 2 is 1.90 bits per heavy atom. The number of hydrogen-bond donors (Lipinski definition) is 2. The number of para-hydroxylation sites is 1. The normalized spacial score (nSPS) is 14.2. The van der Waals surface area contributed by atoms with Gasteiger partial charge in [0.15, 0.2) is 0 Å². The zero-order chi connectivity index (χ0) is 14.7. The molecule has 2 N–H and O–H groups in total. The number of aryl methyl sites for hydroxylation is 1. The van der Waals surface area contributed by atoms with Crippen LogP contribution in [0.5, 0.6) is 5.75 Å². The van der Waals surface area contributed by atoms with E-state index in [-0.39, 0.29) is 11.8 Å². The number of aromatic hydroxyl groups is 1. The lowest BCUT2D eigenvalue weighted by Gasteiger charge is -2.23. The number of nitrogens with zero attached hydrogens (tertiary/aromatic N) is 1. The molecular weight excluding hydrogens is 264 g/mol. The molecule has 1 aliphatic heterocycles. The van der Waals surface area contributed by atoms with Crippen LogP contribution in [0.25, 0.3) is 0 Å². The fraction of sp³-hybridized carbons (Fsp3) is 0.235. The number of phenolic OH excluding ortho intramolecular Hbond substituents is 1. The lowest BCUT2D eigenvalue weighted by atomic mass is 10.1. The van der Waals surface area contributed by atoms with Crippen molar-refractivity contribution in [3.63, 3.8) is 0 Å². The maximum Gasteiger partial charge on any atom is 0.326 e. The minimum atomic E-state index is -0.130. The summed E-state index contributed by atoms with van der Waals surface area (Å²) >= 11 is 0. The van der Waals surface area contributed by atoms with Crippen LogP contribution in [0, 0.1) is 0 Å². The molecule has 4 heteroatoms. The van der Waals surface area contributed by atoms with E-state index in [0.717, 1.165) is 36.2 Å². The summed E-state index contributed by atoms with van der Waals surface area (Å²) in [7, 11) is 0. The van der Waals surface area contributed by atoms with Gasteiger partial charge in [-0.3, -0.25) is 4.90 Å². The summed E-state index contributed by atoms with van der Waals surface area (Å²) in [6.07, 6.45) is 2.86. The second-order valence-corrected chi connectivity index (χ2v) is 5.22. The van der Waals surface area contributed by atoms with E-state index < -0.39 is 0 Å². The molecule has 0 aromatic heterocycles. The van der Waals surface area contributed by atoms with Gasteiger partial charge in [-0.2, -0.15) is 0 Å². The Kier molecular flexibility index (Phi) is 3.77. The fourth-order valence-electron chi connectivity index (χ4n) is 2.66. The predicted octanol–water partition coefficient (Wildman–Crippen LogP) is 3.77. The third-order valence-corrected chi connectivity index (χ3v) is 3.70. The van der Waals surface area contributed by atoms with Crippen LogP contribution < -0.4 is 10.2 Å². The molecule has 1 heterocycles. The molecule has 0 atom stereocenters. The van der Waals surface area contributed by atoms with Crippen molar-refractivity contribution in [2.75, 3.05) is 16.8 Å². The Bertz CT molecular complexity index is 640. The number of fused-ring (bicyclic) bond motifs is 1. The van der Waals surface area contributed by atoms with Gasteiger partial charge in [0.1, 0.15) is 5.75 Å². The highest BCUT2D eigenvalue weighted by molar-refractivity contribution is 6.02. The number of hydrogen-bond acceptors (Lipinski definition) is 2. The molecule has 0 spiro atoms. The van der Waals surface area contributed by atoms with Gasteiger partial charge in [-0.1, -0.05) is 18.2 Å². The van der Waals surface area contributed by atoms with Crippen molar-refractivity contribution < 1.29 is 9.90 Å². The average Bonchev–Trinajstić information content (AvgIpc) is 2.70. The zero-order valence-electron chi connectivity index (χ0n) is 11.7. The number of anilines is 2. The average molecular weight is 282 g/mol. The summed E-state index contributed by atoms with van der Waals surface area (Å²) in [4.78, 5) is 14.3. The largest absolute Gasteiger partial charge is 0.508 e. The number of rotatable bonds is 1. The first-order chi connectivity index (χ1) is 10.2. The van der Waals surface area contributed by atoms with Crippen molar-refractivity contribution in [1.82, 2.24) is 0 Å². The third kappa shape index (κ3) is 2.99. The first-order valence-corrected chi connectivity index (χ1v) is 7.19. The smallest absolute Gasteiger partial charge is 0.326 e. The van der Waals surface area contributed by atoms with Crippen molar-refractivity contribution in [1.29, 1.82) is 0 Å². The first kappa shape index (κ1) is 13.5. The Morgan fingerprint density at radius 3 is 2.71 bits per heavy atom. The molecule has 2 aromatic rings. The van der Waals surface area contributed by atoms with Crippen molar-refractivity contribution in [3.05, 3.63) is 54.1 Å². The monoisotopic (exact) mass is 282 g/mol. The van der Waals surface area contributed by atoms with Crippen LogP contribution in [0.1, 0.15) is 18.4 Å². The molecule has 0 bridgehead atoms. The summed E-state index contributed by atoms with van der Waals surface area (Å²) < 4.78 is 0. The van der Waals surface area contributed by atoms with E-state index in [1.807, 2.05) is 36.4 Å². The van der Waals surface area contributed by atoms with E-state index in [2.05, 4.69) is 5.32 Å². The third-order valence-electron chi connectivity index (χ3n) is 3.70. The Morgan fingerprint density at radius 1 is 1.10 bits per heavy atom. The van der Waals surface area contributed by atoms with Crippen LogP contribution in [0.15, 0.2) is 48.5 Å². The first-order valence-electron chi connectivity index (χ1n) is 7.19. The topological polar surface area (TPSA) is 52.6 Å². The minimum Gasteiger partial charge on any atom is -0.508 e. The minimum absolute atomic E-state index is 0.130. The van der Waals surface area contributed by atoms with Gasteiger partial charge >= 0.3 is 6.03 Å². The number of urea groups is 1. The van der Waals surface area contributed by atoms with Crippen LogP contribution in [0.3, 0.4) is 0 Å².